The Labute approximate surface area is 202 Å². The standard InChI is InChI=1S/C26H25N5O2S/c1-17-13-18(2)15-20(14-17)27-25(32)24-23(19-9-5-3-6-10-19)30-31-22(28-29-26(31)34-24)16-33-21-11-7-4-8-12-21/h3-15,23-24,30H,16H2,1-2H3,(H,27,32)/t23-,24+/m1/s1. The van der Waals surface area contributed by atoms with Gasteiger partial charge < -0.3 is 15.5 Å². The Morgan fingerprint density at radius 1 is 1.00 bits per heavy atom. The fourth-order valence-corrected chi connectivity index (χ4v) is 5.13. The normalized spacial score (nSPS) is 16.9. The topological polar surface area (TPSA) is 81.1 Å². The molecule has 1 aromatic heterocycles. The van der Waals surface area contributed by atoms with Crippen molar-refractivity contribution in [2.75, 3.05) is 10.7 Å². The van der Waals surface area contributed by atoms with E-state index >= 15 is 0 Å². The highest BCUT2D eigenvalue weighted by Crippen LogP contribution is 2.37. The summed E-state index contributed by atoms with van der Waals surface area (Å²) in [7, 11) is 0. The van der Waals surface area contributed by atoms with Crippen molar-refractivity contribution in [3.63, 3.8) is 0 Å². The third-order valence-electron chi connectivity index (χ3n) is 5.52. The Kier molecular flexibility index (Phi) is 6.22. The number of carbonyl (C=O) groups excluding carboxylic acids is 1. The summed E-state index contributed by atoms with van der Waals surface area (Å²) in [5.41, 5.74) is 7.47. The highest BCUT2D eigenvalue weighted by Gasteiger charge is 2.38. The Morgan fingerprint density at radius 3 is 2.38 bits per heavy atom. The average molecular weight is 472 g/mol. The molecule has 0 saturated carbocycles. The van der Waals surface area contributed by atoms with Crippen LogP contribution in [0.2, 0.25) is 0 Å². The third-order valence-corrected chi connectivity index (χ3v) is 6.74. The second-order valence-electron chi connectivity index (χ2n) is 8.26. The zero-order chi connectivity index (χ0) is 23.5. The lowest BCUT2D eigenvalue weighted by atomic mass is 10.0. The maximum Gasteiger partial charge on any atom is 0.240 e. The minimum Gasteiger partial charge on any atom is -0.486 e. The van der Waals surface area contributed by atoms with Gasteiger partial charge in [-0.15, -0.1) is 10.2 Å². The van der Waals surface area contributed by atoms with Crippen LogP contribution < -0.4 is 15.5 Å². The summed E-state index contributed by atoms with van der Waals surface area (Å²) in [6.07, 6.45) is 0. The van der Waals surface area contributed by atoms with E-state index in [1.807, 2.05) is 91.3 Å². The number of carbonyl (C=O) groups is 1. The molecule has 1 aliphatic rings. The average Bonchev–Trinajstić information content (AvgIpc) is 3.24. The van der Waals surface area contributed by atoms with Crippen LogP contribution in [0.1, 0.15) is 28.6 Å². The summed E-state index contributed by atoms with van der Waals surface area (Å²) < 4.78 is 7.71. The second kappa shape index (κ2) is 9.61. The van der Waals surface area contributed by atoms with E-state index in [-0.39, 0.29) is 18.6 Å². The van der Waals surface area contributed by atoms with Gasteiger partial charge in [-0.2, -0.15) is 0 Å². The molecule has 2 N–H and O–H groups in total. The van der Waals surface area contributed by atoms with Crippen molar-refractivity contribution >= 4 is 23.4 Å². The molecule has 2 atom stereocenters. The van der Waals surface area contributed by atoms with Crippen LogP contribution in [0, 0.1) is 13.8 Å². The van der Waals surface area contributed by atoms with E-state index in [9.17, 15) is 4.79 Å². The Bertz CT molecular complexity index is 1270. The minimum atomic E-state index is -0.442. The molecular weight excluding hydrogens is 446 g/mol. The van der Waals surface area contributed by atoms with Crippen molar-refractivity contribution in [3.8, 4) is 5.75 Å². The fourth-order valence-electron chi connectivity index (χ4n) is 4.03. The number of nitrogens with one attached hydrogen (secondary N) is 2. The smallest absolute Gasteiger partial charge is 0.240 e. The van der Waals surface area contributed by atoms with Crippen LogP contribution in [-0.2, 0) is 11.4 Å². The van der Waals surface area contributed by atoms with Crippen LogP contribution in [-0.4, -0.2) is 26.0 Å². The van der Waals surface area contributed by atoms with Gasteiger partial charge in [0, 0.05) is 5.69 Å². The lowest BCUT2D eigenvalue weighted by molar-refractivity contribution is -0.116. The van der Waals surface area contributed by atoms with Crippen LogP contribution in [0.5, 0.6) is 5.75 Å². The van der Waals surface area contributed by atoms with Gasteiger partial charge in [-0.1, -0.05) is 66.4 Å². The molecule has 4 aromatic rings. The predicted molar refractivity (Wildman–Crippen MR) is 134 cm³/mol. The molecule has 34 heavy (non-hydrogen) atoms. The van der Waals surface area contributed by atoms with E-state index in [0.29, 0.717) is 11.0 Å². The number of hydrogen-bond acceptors (Lipinski definition) is 6. The Morgan fingerprint density at radius 2 is 1.68 bits per heavy atom. The van der Waals surface area contributed by atoms with Gasteiger partial charge in [0.2, 0.25) is 11.1 Å². The molecule has 0 bridgehead atoms. The number of nitrogens with zero attached hydrogens (tertiary/aromatic N) is 3. The first kappa shape index (κ1) is 22.0. The maximum absolute atomic E-state index is 13.4. The van der Waals surface area contributed by atoms with Gasteiger partial charge in [0.15, 0.2) is 5.82 Å². The van der Waals surface area contributed by atoms with E-state index in [2.05, 4.69) is 27.0 Å². The molecule has 0 fully saturated rings. The molecule has 2 heterocycles. The molecule has 0 spiro atoms. The Balaban J connectivity index is 1.41. The number of benzene rings is 3. The molecule has 0 unspecified atom stereocenters. The molecular formula is C26H25N5O2S. The van der Waals surface area contributed by atoms with Crippen LogP contribution in [0.25, 0.3) is 0 Å². The van der Waals surface area contributed by atoms with Crippen LogP contribution in [0.4, 0.5) is 5.69 Å². The lowest BCUT2D eigenvalue weighted by Gasteiger charge is -2.33. The number of aromatic nitrogens is 3. The summed E-state index contributed by atoms with van der Waals surface area (Å²) in [4.78, 5) is 13.4. The van der Waals surface area contributed by atoms with E-state index in [4.69, 9.17) is 4.74 Å². The summed E-state index contributed by atoms with van der Waals surface area (Å²) >= 11 is 1.40. The summed E-state index contributed by atoms with van der Waals surface area (Å²) in [6, 6.07) is 25.3. The monoisotopic (exact) mass is 471 g/mol. The second-order valence-corrected chi connectivity index (χ2v) is 9.37. The van der Waals surface area contributed by atoms with Crippen LogP contribution in [0.15, 0.2) is 84.0 Å². The minimum absolute atomic E-state index is 0.0901. The van der Waals surface area contributed by atoms with E-state index in [1.165, 1.54) is 11.8 Å². The number of amides is 1. The van der Waals surface area contributed by atoms with Gasteiger partial charge >= 0.3 is 0 Å². The summed E-state index contributed by atoms with van der Waals surface area (Å²) in [5.74, 6) is 1.31. The number of thioether (sulfide) groups is 1. The molecule has 0 radical (unpaired) electrons. The highest BCUT2D eigenvalue weighted by atomic mass is 32.2. The number of para-hydroxylation sites is 1. The molecule has 1 aliphatic heterocycles. The van der Waals surface area contributed by atoms with Crippen molar-refractivity contribution in [2.24, 2.45) is 0 Å². The molecule has 0 aliphatic carbocycles. The molecule has 3 aromatic carbocycles. The quantitative estimate of drug-likeness (QED) is 0.418. The van der Waals surface area contributed by atoms with Crippen molar-refractivity contribution in [1.29, 1.82) is 0 Å². The molecule has 8 heteroatoms. The van der Waals surface area contributed by atoms with Gasteiger partial charge in [0.25, 0.3) is 0 Å². The summed E-state index contributed by atoms with van der Waals surface area (Å²) in [6.45, 7) is 4.30. The fraction of sp³-hybridized carbons (Fsp3) is 0.192. The number of fused-ring (bicyclic) bond motifs is 1. The largest absolute Gasteiger partial charge is 0.486 e. The van der Waals surface area contributed by atoms with E-state index in [0.717, 1.165) is 28.1 Å². The molecule has 5 rings (SSSR count). The summed E-state index contributed by atoms with van der Waals surface area (Å²) in [5, 5.41) is 11.9. The van der Waals surface area contributed by atoms with Gasteiger partial charge in [-0.3, -0.25) is 4.79 Å². The van der Waals surface area contributed by atoms with Crippen LogP contribution in [0.3, 0.4) is 0 Å². The van der Waals surface area contributed by atoms with Gasteiger partial charge in [0.1, 0.15) is 17.6 Å². The first-order valence-electron chi connectivity index (χ1n) is 11.1. The van der Waals surface area contributed by atoms with Crippen LogP contribution >= 0.6 is 11.8 Å². The molecule has 1 amide bonds. The Hall–Kier alpha value is -3.78. The number of anilines is 1. The molecule has 7 nitrogen and oxygen atoms in total. The predicted octanol–water partition coefficient (Wildman–Crippen LogP) is 4.87. The van der Waals surface area contributed by atoms with Gasteiger partial charge in [0.05, 0.1) is 6.04 Å². The first-order chi connectivity index (χ1) is 16.6. The zero-order valence-corrected chi connectivity index (χ0v) is 19.8. The maximum atomic E-state index is 13.4. The number of hydrogen-bond donors (Lipinski definition) is 2. The number of aryl methyl sites for hydroxylation is 2. The number of rotatable bonds is 6. The van der Waals surface area contributed by atoms with Gasteiger partial charge in [-0.05, 0) is 54.8 Å². The van der Waals surface area contributed by atoms with Crippen molar-refractivity contribution < 1.29 is 9.53 Å². The molecule has 0 saturated heterocycles. The zero-order valence-electron chi connectivity index (χ0n) is 18.9. The highest BCUT2D eigenvalue weighted by molar-refractivity contribution is 8.00. The van der Waals surface area contributed by atoms with E-state index in [1.54, 1.807) is 0 Å². The van der Waals surface area contributed by atoms with E-state index < -0.39 is 5.25 Å². The SMILES string of the molecule is Cc1cc(C)cc(NC(=O)[C@H]2Sc3nnc(COc4ccccc4)n3N[C@@H]2c2ccccc2)c1. The first-order valence-corrected chi connectivity index (χ1v) is 11.9. The van der Waals surface area contributed by atoms with Crippen molar-refractivity contribution in [2.45, 2.75) is 36.9 Å². The lowest BCUT2D eigenvalue weighted by Crippen LogP contribution is -2.41. The number of ether oxygens (including phenoxy) is 1. The van der Waals surface area contributed by atoms with Gasteiger partial charge in [-0.25, -0.2) is 4.68 Å². The van der Waals surface area contributed by atoms with Crippen molar-refractivity contribution in [1.82, 2.24) is 14.9 Å². The third kappa shape index (κ3) is 4.77. The molecule has 172 valence electrons. The van der Waals surface area contributed by atoms with Crippen molar-refractivity contribution in [3.05, 3.63) is 101 Å².